The Kier molecular flexibility index (Phi) is 6.84. The topological polar surface area (TPSA) is 87.3 Å². The van der Waals surface area contributed by atoms with Crippen molar-refractivity contribution < 1.29 is 14.4 Å². The molecule has 0 heterocycles. The normalized spacial score (nSPS) is 27.9. The first-order valence-electron chi connectivity index (χ1n) is 12.9. The van der Waals surface area contributed by atoms with E-state index in [1.54, 1.807) is 6.07 Å². The minimum atomic E-state index is -0.308. The Morgan fingerprint density at radius 1 is 0.824 bits per heavy atom. The monoisotopic (exact) mass is 461 g/mol. The lowest BCUT2D eigenvalue weighted by molar-refractivity contribution is -0.127. The molecule has 6 heteroatoms. The Hall–Kier alpha value is -2.89. The molecular formula is C28H35N3O3. The summed E-state index contributed by atoms with van der Waals surface area (Å²) in [6.45, 7) is 0.714. The van der Waals surface area contributed by atoms with Crippen molar-refractivity contribution >= 4 is 28.5 Å². The predicted octanol–water partition coefficient (Wildman–Crippen LogP) is 4.35. The van der Waals surface area contributed by atoms with Crippen molar-refractivity contribution in [3.63, 3.8) is 0 Å². The van der Waals surface area contributed by atoms with Crippen LogP contribution in [0.5, 0.6) is 0 Å². The third kappa shape index (κ3) is 5.11. The van der Waals surface area contributed by atoms with Gasteiger partial charge in [-0.25, -0.2) is 0 Å². The van der Waals surface area contributed by atoms with Crippen molar-refractivity contribution in [2.75, 3.05) is 6.54 Å². The highest BCUT2D eigenvalue weighted by atomic mass is 16.2. The Labute approximate surface area is 201 Å². The zero-order valence-corrected chi connectivity index (χ0v) is 19.7. The standard InChI is InChI=1S/C28H35N3O3/c32-26(16-23-15-19-10-13-22(23)14-19)29-17-18-8-11-21(12-9-18)27(33)30-31-28(34)25-7-3-5-20-4-1-2-6-24(20)25/h1-7,18-19,21-23H,8-17H2,(H,29,32)(H,30,33)(H,31,34)/t18?,19-,21?,22+,23-/m1/s1. The molecule has 3 atom stereocenters. The molecule has 3 amide bonds. The van der Waals surface area contributed by atoms with Gasteiger partial charge in [0.15, 0.2) is 0 Å². The summed E-state index contributed by atoms with van der Waals surface area (Å²) in [4.78, 5) is 37.7. The molecule has 0 radical (unpaired) electrons. The van der Waals surface area contributed by atoms with Crippen molar-refractivity contribution in [3.05, 3.63) is 48.0 Å². The fourth-order valence-corrected chi connectivity index (χ4v) is 6.53. The van der Waals surface area contributed by atoms with E-state index in [2.05, 4.69) is 16.2 Å². The van der Waals surface area contributed by atoms with Crippen LogP contribution in [0.2, 0.25) is 0 Å². The first-order valence-corrected chi connectivity index (χ1v) is 12.9. The second-order valence-corrected chi connectivity index (χ2v) is 10.6. The molecule has 34 heavy (non-hydrogen) atoms. The Balaban J connectivity index is 1.02. The summed E-state index contributed by atoms with van der Waals surface area (Å²) in [5, 5.41) is 5.01. The van der Waals surface area contributed by atoms with Crippen LogP contribution in [0.1, 0.15) is 68.1 Å². The highest BCUT2D eigenvalue weighted by Crippen LogP contribution is 2.49. The summed E-state index contributed by atoms with van der Waals surface area (Å²) in [6.07, 6.45) is 9.36. The van der Waals surface area contributed by atoms with Crippen LogP contribution in [0.25, 0.3) is 10.8 Å². The van der Waals surface area contributed by atoms with E-state index in [1.165, 1.54) is 25.7 Å². The van der Waals surface area contributed by atoms with Gasteiger partial charge in [0, 0.05) is 24.4 Å². The zero-order chi connectivity index (χ0) is 23.5. The molecule has 0 aromatic heterocycles. The summed E-state index contributed by atoms with van der Waals surface area (Å²) >= 11 is 0. The summed E-state index contributed by atoms with van der Waals surface area (Å²) < 4.78 is 0. The molecule has 180 valence electrons. The van der Waals surface area contributed by atoms with Crippen molar-refractivity contribution in [2.24, 2.45) is 29.6 Å². The van der Waals surface area contributed by atoms with Gasteiger partial charge < -0.3 is 5.32 Å². The molecule has 6 nitrogen and oxygen atoms in total. The molecule has 3 aliphatic rings. The van der Waals surface area contributed by atoms with Gasteiger partial charge in [-0.05, 0) is 85.5 Å². The van der Waals surface area contributed by atoms with Crippen LogP contribution in [-0.4, -0.2) is 24.3 Å². The van der Waals surface area contributed by atoms with Crippen LogP contribution in [0.15, 0.2) is 42.5 Å². The number of hydrazine groups is 1. The minimum absolute atomic E-state index is 0.103. The number of hydrogen-bond donors (Lipinski definition) is 3. The van der Waals surface area contributed by atoms with Gasteiger partial charge in [0.2, 0.25) is 11.8 Å². The molecular weight excluding hydrogens is 426 g/mol. The van der Waals surface area contributed by atoms with Gasteiger partial charge >= 0.3 is 0 Å². The van der Waals surface area contributed by atoms with E-state index >= 15 is 0 Å². The lowest BCUT2D eigenvalue weighted by atomic mass is 9.81. The van der Waals surface area contributed by atoms with Crippen LogP contribution in [0.4, 0.5) is 0 Å². The average molecular weight is 462 g/mol. The second-order valence-electron chi connectivity index (χ2n) is 10.6. The summed E-state index contributed by atoms with van der Waals surface area (Å²) in [5.74, 6) is 2.35. The fraction of sp³-hybridized carbons (Fsp3) is 0.536. The van der Waals surface area contributed by atoms with Crippen molar-refractivity contribution in [3.8, 4) is 0 Å². The maximum atomic E-state index is 12.6. The van der Waals surface area contributed by atoms with Crippen molar-refractivity contribution in [2.45, 2.75) is 57.8 Å². The Morgan fingerprint density at radius 2 is 1.62 bits per heavy atom. The number of fused-ring (bicyclic) bond motifs is 3. The van der Waals surface area contributed by atoms with Gasteiger partial charge in [0.25, 0.3) is 5.91 Å². The summed E-state index contributed by atoms with van der Waals surface area (Å²) in [6, 6.07) is 13.3. The molecule has 3 fully saturated rings. The largest absolute Gasteiger partial charge is 0.356 e. The number of nitrogens with one attached hydrogen (secondary N) is 3. The Bertz CT molecular complexity index is 1050. The molecule has 2 bridgehead atoms. The third-order valence-electron chi connectivity index (χ3n) is 8.47. The molecule has 3 saturated carbocycles. The van der Waals surface area contributed by atoms with Crippen LogP contribution in [0, 0.1) is 29.6 Å². The van der Waals surface area contributed by atoms with Gasteiger partial charge in [-0.15, -0.1) is 0 Å². The van der Waals surface area contributed by atoms with E-state index in [0.29, 0.717) is 30.4 Å². The average Bonchev–Trinajstić information content (AvgIpc) is 3.49. The molecule has 5 rings (SSSR count). The molecule has 0 aliphatic heterocycles. The first kappa shape index (κ1) is 22.9. The molecule has 0 spiro atoms. The highest BCUT2D eigenvalue weighted by Gasteiger charge is 2.40. The van der Waals surface area contributed by atoms with Gasteiger partial charge in [-0.3, -0.25) is 25.2 Å². The maximum absolute atomic E-state index is 12.6. The van der Waals surface area contributed by atoms with Gasteiger partial charge in [-0.1, -0.05) is 42.8 Å². The number of rotatable bonds is 6. The number of benzene rings is 2. The van der Waals surface area contributed by atoms with E-state index in [1.807, 2.05) is 36.4 Å². The van der Waals surface area contributed by atoms with E-state index in [-0.39, 0.29) is 23.6 Å². The SMILES string of the molecule is O=C(C[C@H]1C[C@@H]2CC[C@H]1C2)NCC1CCC(C(=O)NNC(=O)c2cccc3ccccc23)CC1. The lowest BCUT2D eigenvalue weighted by Crippen LogP contribution is -2.45. The predicted molar refractivity (Wildman–Crippen MR) is 132 cm³/mol. The quantitative estimate of drug-likeness (QED) is 0.559. The van der Waals surface area contributed by atoms with E-state index < -0.39 is 0 Å². The molecule has 0 unspecified atom stereocenters. The summed E-state index contributed by atoms with van der Waals surface area (Å²) in [5.41, 5.74) is 5.76. The number of carbonyl (C=O) groups is 3. The van der Waals surface area contributed by atoms with Crippen LogP contribution >= 0.6 is 0 Å². The lowest BCUT2D eigenvalue weighted by Gasteiger charge is -2.28. The van der Waals surface area contributed by atoms with E-state index in [9.17, 15) is 14.4 Å². The van der Waals surface area contributed by atoms with Crippen LogP contribution in [-0.2, 0) is 9.59 Å². The number of hydrogen-bond acceptors (Lipinski definition) is 3. The van der Waals surface area contributed by atoms with Crippen molar-refractivity contribution in [1.82, 2.24) is 16.2 Å². The van der Waals surface area contributed by atoms with Crippen molar-refractivity contribution in [1.29, 1.82) is 0 Å². The molecule has 3 aliphatic carbocycles. The van der Waals surface area contributed by atoms with Gasteiger partial charge in [0.1, 0.15) is 0 Å². The number of carbonyl (C=O) groups excluding carboxylic acids is 3. The molecule has 2 aromatic carbocycles. The summed E-state index contributed by atoms with van der Waals surface area (Å²) in [7, 11) is 0. The Morgan fingerprint density at radius 3 is 2.38 bits per heavy atom. The third-order valence-corrected chi connectivity index (χ3v) is 8.47. The molecule has 0 saturated heterocycles. The number of amides is 3. The molecule has 2 aromatic rings. The molecule has 3 N–H and O–H groups in total. The maximum Gasteiger partial charge on any atom is 0.270 e. The minimum Gasteiger partial charge on any atom is -0.356 e. The fourth-order valence-electron chi connectivity index (χ4n) is 6.53. The van der Waals surface area contributed by atoms with E-state index in [0.717, 1.165) is 48.3 Å². The zero-order valence-electron chi connectivity index (χ0n) is 19.7. The smallest absolute Gasteiger partial charge is 0.270 e. The second kappa shape index (κ2) is 10.2. The highest BCUT2D eigenvalue weighted by molar-refractivity contribution is 6.07. The van der Waals surface area contributed by atoms with Gasteiger partial charge in [0.05, 0.1) is 0 Å². The van der Waals surface area contributed by atoms with Gasteiger partial charge in [-0.2, -0.15) is 0 Å². The van der Waals surface area contributed by atoms with E-state index in [4.69, 9.17) is 0 Å². The first-order chi connectivity index (χ1) is 16.6. The van der Waals surface area contributed by atoms with Crippen LogP contribution in [0.3, 0.4) is 0 Å². The van der Waals surface area contributed by atoms with Crippen LogP contribution < -0.4 is 16.2 Å².